The number of hydrogen-bond acceptors (Lipinski definition) is 3. The zero-order valence-corrected chi connectivity index (χ0v) is 10.7. The van der Waals surface area contributed by atoms with Crippen molar-refractivity contribution in [3.05, 3.63) is 12.7 Å². The topological polar surface area (TPSA) is 64.4 Å². The molecule has 1 aliphatic carbocycles. The van der Waals surface area contributed by atoms with Crippen molar-refractivity contribution in [2.24, 2.45) is 17.1 Å². The molecule has 17 heavy (non-hydrogen) atoms. The number of rotatable bonds is 4. The highest BCUT2D eigenvalue weighted by Gasteiger charge is 2.71. The Balaban J connectivity index is 2.07. The van der Waals surface area contributed by atoms with Crippen molar-refractivity contribution in [1.29, 1.82) is 0 Å². The summed E-state index contributed by atoms with van der Waals surface area (Å²) in [5.41, 5.74) is 5.31. The standard InChI is InChI=1S/C13H22N2O2/c1-4-5-7-15-11(16)13(14)9-6-8-17-10(9)12(13,2)3/h4,9-10H,1,5-8,14H2,2-3H3,(H,15,16). The van der Waals surface area contributed by atoms with E-state index in [0.717, 1.165) is 19.4 Å². The van der Waals surface area contributed by atoms with Gasteiger partial charge >= 0.3 is 0 Å². The third-order valence-corrected chi connectivity index (χ3v) is 4.46. The normalized spacial score (nSPS) is 38.1. The number of carbonyl (C=O) groups excluding carboxylic acids is 1. The van der Waals surface area contributed by atoms with E-state index in [0.29, 0.717) is 6.54 Å². The van der Waals surface area contributed by atoms with E-state index < -0.39 is 5.54 Å². The quantitative estimate of drug-likeness (QED) is 0.563. The SMILES string of the molecule is C=CCCNC(=O)C1(N)C2CCOC2C1(C)C. The molecule has 2 aliphatic rings. The molecule has 0 aromatic carbocycles. The van der Waals surface area contributed by atoms with Crippen molar-refractivity contribution in [3.63, 3.8) is 0 Å². The van der Waals surface area contributed by atoms with Crippen LogP contribution in [0.4, 0.5) is 0 Å². The predicted octanol–water partition coefficient (Wildman–Crippen LogP) is 0.821. The number of nitrogens with one attached hydrogen (secondary N) is 1. The molecule has 1 saturated carbocycles. The maximum Gasteiger partial charge on any atom is 0.241 e. The van der Waals surface area contributed by atoms with Gasteiger partial charge in [0.2, 0.25) is 5.91 Å². The fourth-order valence-electron chi connectivity index (χ4n) is 3.28. The third kappa shape index (κ3) is 1.54. The first kappa shape index (κ1) is 12.6. The number of nitrogens with two attached hydrogens (primary N) is 1. The maximum absolute atomic E-state index is 12.3. The van der Waals surface area contributed by atoms with E-state index in [4.69, 9.17) is 10.5 Å². The van der Waals surface area contributed by atoms with Crippen LogP contribution in [0, 0.1) is 11.3 Å². The van der Waals surface area contributed by atoms with Gasteiger partial charge in [-0.25, -0.2) is 0 Å². The Morgan fingerprint density at radius 3 is 3.00 bits per heavy atom. The van der Waals surface area contributed by atoms with E-state index in [-0.39, 0.29) is 23.3 Å². The first-order valence-corrected chi connectivity index (χ1v) is 6.26. The van der Waals surface area contributed by atoms with Gasteiger partial charge in [-0.05, 0) is 12.8 Å². The molecular formula is C13H22N2O2. The summed E-state index contributed by atoms with van der Waals surface area (Å²) in [6.07, 6.45) is 3.58. The summed E-state index contributed by atoms with van der Waals surface area (Å²) < 4.78 is 5.66. The van der Waals surface area contributed by atoms with E-state index in [1.807, 2.05) is 13.8 Å². The van der Waals surface area contributed by atoms with Crippen LogP contribution in [-0.2, 0) is 9.53 Å². The second-order valence-corrected chi connectivity index (χ2v) is 5.61. The van der Waals surface area contributed by atoms with Crippen LogP contribution in [0.3, 0.4) is 0 Å². The lowest BCUT2D eigenvalue weighted by atomic mass is 9.48. The number of hydrogen-bond donors (Lipinski definition) is 2. The van der Waals surface area contributed by atoms with Crippen molar-refractivity contribution in [2.45, 2.75) is 38.3 Å². The van der Waals surface area contributed by atoms with Gasteiger partial charge in [0.25, 0.3) is 0 Å². The monoisotopic (exact) mass is 238 g/mol. The molecule has 96 valence electrons. The van der Waals surface area contributed by atoms with Gasteiger partial charge in [0, 0.05) is 24.5 Å². The number of fused-ring (bicyclic) bond motifs is 1. The molecule has 0 radical (unpaired) electrons. The lowest BCUT2D eigenvalue weighted by molar-refractivity contribution is -0.175. The Kier molecular flexibility index (Phi) is 3.04. The van der Waals surface area contributed by atoms with Crippen LogP contribution in [0.2, 0.25) is 0 Å². The van der Waals surface area contributed by atoms with Crippen molar-refractivity contribution in [3.8, 4) is 0 Å². The molecule has 2 fully saturated rings. The Morgan fingerprint density at radius 1 is 1.65 bits per heavy atom. The van der Waals surface area contributed by atoms with Crippen molar-refractivity contribution in [1.82, 2.24) is 5.32 Å². The van der Waals surface area contributed by atoms with Crippen molar-refractivity contribution < 1.29 is 9.53 Å². The fraction of sp³-hybridized carbons (Fsp3) is 0.769. The van der Waals surface area contributed by atoms with Gasteiger partial charge in [0.15, 0.2) is 0 Å². The highest BCUT2D eigenvalue weighted by molar-refractivity contribution is 5.89. The van der Waals surface area contributed by atoms with E-state index >= 15 is 0 Å². The molecule has 4 nitrogen and oxygen atoms in total. The zero-order chi connectivity index (χ0) is 12.7. The van der Waals surface area contributed by atoms with Gasteiger partial charge in [0.1, 0.15) is 5.54 Å². The van der Waals surface area contributed by atoms with E-state index in [1.54, 1.807) is 6.08 Å². The van der Waals surface area contributed by atoms with Crippen molar-refractivity contribution >= 4 is 5.91 Å². The number of ether oxygens (including phenoxy) is 1. The molecule has 3 unspecified atom stereocenters. The molecule has 3 atom stereocenters. The molecule has 4 heteroatoms. The third-order valence-electron chi connectivity index (χ3n) is 4.46. The summed E-state index contributed by atoms with van der Waals surface area (Å²) >= 11 is 0. The van der Waals surface area contributed by atoms with E-state index in [2.05, 4.69) is 11.9 Å². The fourth-order valence-corrected chi connectivity index (χ4v) is 3.28. The largest absolute Gasteiger partial charge is 0.377 e. The molecule has 0 spiro atoms. The average molecular weight is 238 g/mol. The summed E-state index contributed by atoms with van der Waals surface area (Å²) in [5.74, 6) is 0.123. The van der Waals surface area contributed by atoms with Crippen LogP contribution >= 0.6 is 0 Å². The Labute approximate surface area is 103 Å². The lowest BCUT2D eigenvalue weighted by Gasteiger charge is -2.60. The average Bonchev–Trinajstić information content (AvgIpc) is 2.75. The molecule has 1 amide bonds. The summed E-state index contributed by atoms with van der Waals surface area (Å²) in [6.45, 7) is 9.00. The molecular weight excluding hydrogens is 216 g/mol. The van der Waals surface area contributed by atoms with Crippen LogP contribution in [-0.4, -0.2) is 30.7 Å². The first-order valence-electron chi connectivity index (χ1n) is 6.26. The first-order chi connectivity index (χ1) is 7.96. The number of carbonyl (C=O) groups is 1. The molecule has 1 aliphatic heterocycles. The van der Waals surface area contributed by atoms with E-state index in [1.165, 1.54) is 0 Å². The summed E-state index contributed by atoms with van der Waals surface area (Å²) in [7, 11) is 0. The zero-order valence-electron chi connectivity index (χ0n) is 10.7. The smallest absolute Gasteiger partial charge is 0.241 e. The van der Waals surface area contributed by atoms with Gasteiger partial charge in [0.05, 0.1) is 6.10 Å². The van der Waals surface area contributed by atoms with Gasteiger partial charge in [-0.3, -0.25) is 4.79 Å². The minimum atomic E-state index is -0.782. The summed E-state index contributed by atoms with van der Waals surface area (Å²) in [5, 5.41) is 2.90. The summed E-state index contributed by atoms with van der Waals surface area (Å²) in [6, 6.07) is 0. The van der Waals surface area contributed by atoms with Crippen LogP contribution in [0.1, 0.15) is 26.7 Å². The van der Waals surface area contributed by atoms with Crippen LogP contribution in [0.15, 0.2) is 12.7 Å². The Morgan fingerprint density at radius 2 is 2.35 bits per heavy atom. The Bertz CT molecular complexity index is 340. The van der Waals surface area contributed by atoms with Gasteiger partial charge in [-0.1, -0.05) is 19.9 Å². The summed E-state index contributed by atoms with van der Waals surface area (Å²) in [4.78, 5) is 12.3. The van der Waals surface area contributed by atoms with Gasteiger partial charge in [-0.15, -0.1) is 6.58 Å². The molecule has 0 bridgehead atoms. The molecule has 1 heterocycles. The van der Waals surface area contributed by atoms with E-state index in [9.17, 15) is 4.79 Å². The second kappa shape index (κ2) is 4.10. The highest BCUT2D eigenvalue weighted by atomic mass is 16.5. The molecule has 3 N–H and O–H groups in total. The van der Waals surface area contributed by atoms with Crippen molar-refractivity contribution in [2.75, 3.05) is 13.2 Å². The molecule has 0 aromatic heterocycles. The van der Waals surface area contributed by atoms with Crippen LogP contribution in [0.25, 0.3) is 0 Å². The molecule has 0 aromatic rings. The molecule has 2 rings (SSSR count). The minimum absolute atomic E-state index is 0.0453. The van der Waals surface area contributed by atoms with Crippen LogP contribution < -0.4 is 11.1 Å². The lowest BCUT2D eigenvalue weighted by Crippen LogP contribution is -2.80. The highest BCUT2D eigenvalue weighted by Crippen LogP contribution is 2.58. The minimum Gasteiger partial charge on any atom is -0.377 e. The maximum atomic E-state index is 12.3. The molecule has 1 saturated heterocycles. The second-order valence-electron chi connectivity index (χ2n) is 5.61. The Hall–Kier alpha value is -0.870. The van der Waals surface area contributed by atoms with Crippen LogP contribution in [0.5, 0.6) is 0 Å². The van der Waals surface area contributed by atoms with Gasteiger partial charge in [-0.2, -0.15) is 0 Å². The predicted molar refractivity (Wildman–Crippen MR) is 66.4 cm³/mol. The van der Waals surface area contributed by atoms with Gasteiger partial charge < -0.3 is 15.8 Å². The number of amides is 1.